The molecule has 1 aliphatic rings. The van der Waals surface area contributed by atoms with Gasteiger partial charge in [0.1, 0.15) is 29.9 Å². The molecule has 5 atom stereocenters. The van der Waals surface area contributed by atoms with Crippen LogP contribution in [0, 0.1) is 0 Å². The topological polar surface area (TPSA) is 46.2 Å². The van der Waals surface area contributed by atoms with Crippen LogP contribution >= 0.6 is 11.8 Å². The Labute approximate surface area is 276 Å². The average molecular weight is 633 g/mol. The standard InChI is InChI=1S/C40H40O5S/c1-6-16-31(17-7-1)26-41-30-36-37(42-27-32-18-8-2-9-19-32)38(43-28-33-20-10-3-11-21-33)39(44-29-34-22-12-4-13-23-34)40(45-36)46-35-24-14-5-15-25-35/h1-25,36-40H,26-30H2/t36-,37+,38+,39-,40?/m1/s1. The van der Waals surface area contributed by atoms with E-state index in [9.17, 15) is 0 Å². The Hall–Kier alpha value is -3.75. The van der Waals surface area contributed by atoms with E-state index in [2.05, 4.69) is 60.7 Å². The van der Waals surface area contributed by atoms with Gasteiger partial charge in [0.05, 0.1) is 33.0 Å². The Morgan fingerprint density at radius 3 is 1.30 bits per heavy atom. The predicted molar refractivity (Wildman–Crippen MR) is 182 cm³/mol. The molecule has 1 fully saturated rings. The highest BCUT2D eigenvalue weighted by Crippen LogP contribution is 2.38. The Morgan fingerprint density at radius 1 is 0.435 bits per heavy atom. The van der Waals surface area contributed by atoms with Gasteiger partial charge in [-0.05, 0) is 34.4 Å². The number of ether oxygens (including phenoxy) is 5. The molecular weight excluding hydrogens is 593 g/mol. The Balaban J connectivity index is 1.31. The maximum atomic E-state index is 6.92. The van der Waals surface area contributed by atoms with E-state index in [4.69, 9.17) is 23.7 Å². The maximum absolute atomic E-state index is 6.92. The summed E-state index contributed by atoms with van der Waals surface area (Å²) >= 11 is 1.64. The molecule has 5 aromatic rings. The summed E-state index contributed by atoms with van der Waals surface area (Å²) in [6, 6.07) is 51.2. The summed E-state index contributed by atoms with van der Waals surface area (Å²) in [4.78, 5) is 1.09. The Bertz CT molecular complexity index is 1540. The molecule has 0 radical (unpaired) electrons. The quantitative estimate of drug-likeness (QED) is 0.115. The van der Waals surface area contributed by atoms with Gasteiger partial charge in [-0.2, -0.15) is 0 Å². The summed E-state index contributed by atoms with van der Waals surface area (Å²) in [6.07, 6.45) is -1.72. The zero-order valence-corrected chi connectivity index (χ0v) is 26.6. The highest BCUT2D eigenvalue weighted by molar-refractivity contribution is 7.99. The third kappa shape index (κ3) is 9.39. The third-order valence-electron chi connectivity index (χ3n) is 7.84. The summed E-state index contributed by atoms with van der Waals surface area (Å²) in [5, 5.41) is 0. The molecule has 5 aromatic carbocycles. The molecular formula is C40H40O5S. The van der Waals surface area contributed by atoms with Crippen molar-refractivity contribution >= 4 is 11.8 Å². The fourth-order valence-electron chi connectivity index (χ4n) is 5.48. The van der Waals surface area contributed by atoms with Gasteiger partial charge in [0.2, 0.25) is 0 Å². The van der Waals surface area contributed by atoms with Gasteiger partial charge < -0.3 is 23.7 Å². The van der Waals surface area contributed by atoms with E-state index >= 15 is 0 Å². The smallest absolute Gasteiger partial charge is 0.137 e. The van der Waals surface area contributed by atoms with Crippen LogP contribution in [-0.4, -0.2) is 36.5 Å². The lowest BCUT2D eigenvalue weighted by atomic mass is 9.98. The third-order valence-corrected chi connectivity index (χ3v) is 8.99. The molecule has 0 aromatic heterocycles. The highest BCUT2D eigenvalue weighted by Gasteiger charge is 2.48. The van der Waals surface area contributed by atoms with Crippen LogP contribution in [0.1, 0.15) is 22.3 Å². The minimum Gasteiger partial charge on any atom is -0.374 e. The second-order valence-electron chi connectivity index (χ2n) is 11.3. The monoisotopic (exact) mass is 632 g/mol. The molecule has 1 unspecified atom stereocenters. The van der Waals surface area contributed by atoms with Crippen molar-refractivity contribution < 1.29 is 23.7 Å². The van der Waals surface area contributed by atoms with Crippen LogP contribution < -0.4 is 0 Å². The van der Waals surface area contributed by atoms with Crippen LogP contribution in [0.4, 0.5) is 0 Å². The fourth-order valence-corrected chi connectivity index (χ4v) is 6.62. The highest BCUT2D eigenvalue weighted by atomic mass is 32.2. The summed E-state index contributed by atoms with van der Waals surface area (Å²) in [6.45, 7) is 2.08. The number of thioether (sulfide) groups is 1. The van der Waals surface area contributed by atoms with E-state index < -0.39 is 24.4 Å². The summed E-state index contributed by atoms with van der Waals surface area (Å²) in [7, 11) is 0. The first-order chi connectivity index (χ1) is 22.8. The number of hydrogen-bond donors (Lipinski definition) is 0. The summed E-state index contributed by atoms with van der Waals surface area (Å²) in [5.74, 6) is 0. The zero-order valence-electron chi connectivity index (χ0n) is 25.8. The molecule has 0 aliphatic carbocycles. The van der Waals surface area contributed by atoms with Crippen molar-refractivity contribution in [2.75, 3.05) is 6.61 Å². The van der Waals surface area contributed by atoms with Gasteiger partial charge in [0.15, 0.2) is 0 Å². The Kier molecular flexibility index (Phi) is 12.1. The number of hydrogen-bond acceptors (Lipinski definition) is 6. The molecule has 1 heterocycles. The molecule has 6 rings (SSSR count). The normalized spacial score (nSPS) is 21.2. The largest absolute Gasteiger partial charge is 0.374 e. The van der Waals surface area contributed by atoms with Gasteiger partial charge in [-0.3, -0.25) is 0 Å². The molecule has 5 nitrogen and oxygen atoms in total. The Morgan fingerprint density at radius 2 is 0.826 bits per heavy atom. The second-order valence-corrected chi connectivity index (χ2v) is 12.4. The summed E-state index contributed by atoms with van der Waals surface area (Å²) < 4.78 is 33.6. The van der Waals surface area contributed by atoms with Gasteiger partial charge in [-0.1, -0.05) is 151 Å². The summed E-state index contributed by atoms with van der Waals surface area (Å²) in [5.41, 5.74) is 3.99. The van der Waals surface area contributed by atoms with Gasteiger partial charge in [-0.15, -0.1) is 0 Å². The number of rotatable bonds is 15. The van der Waals surface area contributed by atoms with Crippen molar-refractivity contribution in [1.29, 1.82) is 0 Å². The van der Waals surface area contributed by atoms with E-state index in [1.807, 2.05) is 91.0 Å². The van der Waals surface area contributed by atoms with Crippen LogP contribution in [0.5, 0.6) is 0 Å². The average Bonchev–Trinajstić information content (AvgIpc) is 3.12. The number of benzene rings is 5. The van der Waals surface area contributed by atoms with Crippen molar-refractivity contribution in [3.05, 3.63) is 174 Å². The molecule has 1 aliphatic heterocycles. The van der Waals surface area contributed by atoms with Crippen molar-refractivity contribution in [3.63, 3.8) is 0 Å². The lowest BCUT2D eigenvalue weighted by Gasteiger charge is -2.46. The molecule has 6 heteroatoms. The first-order valence-electron chi connectivity index (χ1n) is 15.8. The van der Waals surface area contributed by atoms with Crippen molar-refractivity contribution in [2.45, 2.75) is 61.2 Å². The van der Waals surface area contributed by atoms with Crippen molar-refractivity contribution in [3.8, 4) is 0 Å². The van der Waals surface area contributed by atoms with Crippen LogP contribution in [0.2, 0.25) is 0 Å². The maximum Gasteiger partial charge on any atom is 0.137 e. The van der Waals surface area contributed by atoms with Crippen molar-refractivity contribution in [1.82, 2.24) is 0 Å². The van der Waals surface area contributed by atoms with Crippen LogP contribution in [0.15, 0.2) is 157 Å². The van der Waals surface area contributed by atoms with E-state index in [1.165, 1.54) is 0 Å². The first kappa shape index (κ1) is 32.2. The molecule has 1 saturated heterocycles. The SMILES string of the molecule is c1ccc(COC[C@H]2OC(Sc3ccccc3)[C@H](OCc3ccccc3)[C@@H](OCc3ccccc3)[C@H]2OCc2ccccc2)cc1. The predicted octanol–water partition coefficient (Wildman–Crippen LogP) is 8.48. The lowest BCUT2D eigenvalue weighted by molar-refractivity contribution is -0.254. The van der Waals surface area contributed by atoms with E-state index in [1.54, 1.807) is 11.8 Å². The van der Waals surface area contributed by atoms with Crippen LogP contribution in [0.3, 0.4) is 0 Å². The van der Waals surface area contributed by atoms with E-state index in [0.717, 1.165) is 27.1 Å². The molecule has 0 amide bonds. The molecule has 0 N–H and O–H groups in total. The first-order valence-corrected chi connectivity index (χ1v) is 16.7. The molecule has 0 spiro atoms. The van der Waals surface area contributed by atoms with Gasteiger partial charge in [-0.25, -0.2) is 0 Å². The minimum atomic E-state index is -0.451. The molecule has 0 bridgehead atoms. The van der Waals surface area contributed by atoms with Crippen LogP contribution in [0.25, 0.3) is 0 Å². The lowest BCUT2D eigenvalue weighted by Crippen LogP contribution is -2.60. The van der Waals surface area contributed by atoms with Gasteiger partial charge >= 0.3 is 0 Å². The van der Waals surface area contributed by atoms with Crippen molar-refractivity contribution in [2.24, 2.45) is 0 Å². The minimum absolute atomic E-state index is 0.344. The fraction of sp³-hybridized carbons (Fsp3) is 0.250. The molecule has 46 heavy (non-hydrogen) atoms. The van der Waals surface area contributed by atoms with Gasteiger partial charge in [0.25, 0.3) is 0 Å². The second kappa shape index (κ2) is 17.2. The van der Waals surface area contributed by atoms with Crippen LogP contribution in [-0.2, 0) is 50.1 Å². The van der Waals surface area contributed by atoms with E-state index in [-0.39, 0.29) is 5.44 Å². The van der Waals surface area contributed by atoms with Gasteiger partial charge in [0, 0.05) is 4.90 Å². The zero-order chi connectivity index (χ0) is 31.2. The molecule has 0 saturated carbocycles. The van der Waals surface area contributed by atoms with E-state index in [0.29, 0.717) is 33.0 Å². The molecule has 236 valence electrons.